The fourth-order valence-electron chi connectivity index (χ4n) is 5.37. The van der Waals surface area contributed by atoms with Crippen LogP contribution in [0, 0.1) is 23.2 Å². The molecule has 5 atom stereocenters. The van der Waals surface area contributed by atoms with Gasteiger partial charge in [0.05, 0.1) is 24.4 Å². The second-order valence-corrected chi connectivity index (χ2v) is 8.55. The highest BCUT2D eigenvalue weighted by molar-refractivity contribution is 6.05. The summed E-state index contributed by atoms with van der Waals surface area (Å²) in [5.41, 5.74) is -0.162. The average molecular weight is 349 g/mol. The van der Waals surface area contributed by atoms with Gasteiger partial charge >= 0.3 is 5.97 Å². The third-order valence-corrected chi connectivity index (χ3v) is 6.72. The number of nitrogens with zero attached hydrogens (tertiary/aromatic N) is 1. The minimum atomic E-state index is -0.320. The van der Waals surface area contributed by atoms with E-state index in [2.05, 4.69) is 13.8 Å². The smallest absolute Gasteiger partial charge is 0.307 e. The van der Waals surface area contributed by atoms with Gasteiger partial charge in [-0.3, -0.25) is 19.3 Å². The SMILES string of the molecule is CC1(C)[C@@H]2OCC[C@@H]2[C@@H]1OC(=O)CCN1C(=O)[C@@H]2CCCC[C@H]2C1=O. The lowest BCUT2D eigenvalue weighted by Crippen LogP contribution is -2.61. The van der Waals surface area contributed by atoms with Crippen molar-refractivity contribution in [3.63, 3.8) is 0 Å². The number of hydrogen-bond donors (Lipinski definition) is 0. The fraction of sp³-hybridized carbons (Fsp3) is 0.842. The molecule has 138 valence electrons. The lowest BCUT2D eigenvalue weighted by molar-refractivity contribution is -0.210. The highest BCUT2D eigenvalue weighted by Gasteiger charge is 2.61. The number of imide groups is 1. The molecule has 2 saturated heterocycles. The van der Waals surface area contributed by atoms with Gasteiger partial charge in [0.15, 0.2) is 0 Å². The van der Waals surface area contributed by atoms with E-state index >= 15 is 0 Å². The fourth-order valence-corrected chi connectivity index (χ4v) is 5.37. The molecule has 2 heterocycles. The van der Waals surface area contributed by atoms with Crippen molar-refractivity contribution in [2.24, 2.45) is 23.2 Å². The molecule has 0 aromatic rings. The third-order valence-electron chi connectivity index (χ3n) is 6.72. The summed E-state index contributed by atoms with van der Waals surface area (Å²) in [7, 11) is 0. The number of carbonyl (C=O) groups excluding carboxylic acids is 3. The van der Waals surface area contributed by atoms with Crippen LogP contribution in [0.5, 0.6) is 0 Å². The van der Waals surface area contributed by atoms with E-state index in [9.17, 15) is 14.4 Å². The van der Waals surface area contributed by atoms with E-state index in [0.29, 0.717) is 0 Å². The van der Waals surface area contributed by atoms with Gasteiger partial charge in [0.25, 0.3) is 0 Å². The number of fused-ring (bicyclic) bond motifs is 2. The summed E-state index contributed by atoms with van der Waals surface area (Å²) < 4.78 is 11.4. The molecule has 4 fully saturated rings. The van der Waals surface area contributed by atoms with Gasteiger partial charge in [0, 0.05) is 24.5 Å². The maximum absolute atomic E-state index is 12.4. The molecule has 25 heavy (non-hydrogen) atoms. The number of esters is 1. The second kappa shape index (κ2) is 6.08. The Balaban J connectivity index is 1.32. The van der Waals surface area contributed by atoms with Gasteiger partial charge in [-0.15, -0.1) is 0 Å². The van der Waals surface area contributed by atoms with Gasteiger partial charge in [-0.2, -0.15) is 0 Å². The van der Waals surface area contributed by atoms with E-state index in [1.54, 1.807) is 0 Å². The molecule has 6 heteroatoms. The molecule has 0 aromatic heterocycles. The van der Waals surface area contributed by atoms with E-state index in [1.165, 1.54) is 4.90 Å². The third kappa shape index (κ3) is 2.60. The van der Waals surface area contributed by atoms with Crippen molar-refractivity contribution in [2.45, 2.75) is 64.6 Å². The predicted octanol–water partition coefficient (Wildman–Crippen LogP) is 1.91. The van der Waals surface area contributed by atoms with Crippen molar-refractivity contribution in [3.8, 4) is 0 Å². The largest absolute Gasteiger partial charge is 0.461 e. The van der Waals surface area contributed by atoms with Crippen molar-refractivity contribution >= 4 is 17.8 Å². The molecule has 2 saturated carbocycles. The molecular formula is C19H27NO5. The highest BCUT2D eigenvalue weighted by atomic mass is 16.6. The van der Waals surface area contributed by atoms with Crippen molar-refractivity contribution in [3.05, 3.63) is 0 Å². The Bertz CT molecular complexity index is 577. The van der Waals surface area contributed by atoms with Crippen LogP contribution in [0.4, 0.5) is 0 Å². The minimum Gasteiger partial charge on any atom is -0.461 e. The van der Waals surface area contributed by atoms with E-state index in [-0.39, 0.29) is 66.1 Å². The molecule has 0 bridgehead atoms. The first-order valence-electron chi connectivity index (χ1n) is 9.57. The van der Waals surface area contributed by atoms with E-state index < -0.39 is 0 Å². The first-order chi connectivity index (χ1) is 11.9. The van der Waals surface area contributed by atoms with Crippen LogP contribution in [-0.4, -0.2) is 48.0 Å². The summed E-state index contributed by atoms with van der Waals surface area (Å²) in [6.07, 6.45) is 4.69. The maximum Gasteiger partial charge on any atom is 0.307 e. The maximum atomic E-state index is 12.4. The lowest BCUT2D eigenvalue weighted by atomic mass is 9.59. The van der Waals surface area contributed by atoms with Crippen LogP contribution in [-0.2, 0) is 23.9 Å². The Morgan fingerprint density at radius 2 is 1.80 bits per heavy atom. The Morgan fingerprint density at radius 3 is 2.44 bits per heavy atom. The van der Waals surface area contributed by atoms with Crippen LogP contribution in [0.2, 0.25) is 0 Å². The second-order valence-electron chi connectivity index (χ2n) is 8.55. The van der Waals surface area contributed by atoms with Gasteiger partial charge in [-0.05, 0) is 19.3 Å². The van der Waals surface area contributed by atoms with Crippen LogP contribution in [0.3, 0.4) is 0 Å². The van der Waals surface area contributed by atoms with Crippen LogP contribution in [0.15, 0.2) is 0 Å². The molecule has 4 rings (SSSR count). The first-order valence-corrected chi connectivity index (χ1v) is 9.57. The Kier molecular flexibility index (Phi) is 4.13. The standard InChI is InChI=1S/C19H27NO5/c1-19(2)15-13(8-10-24-15)16(19)25-14(21)7-9-20-17(22)11-5-3-4-6-12(11)18(20)23/h11-13,15-16H,3-10H2,1-2H3/t11-,12-,13+,15-,16+/m1/s1. The topological polar surface area (TPSA) is 72.9 Å². The Morgan fingerprint density at radius 1 is 1.16 bits per heavy atom. The van der Waals surface area contributed by atoms with Gasteiger partial charge in [0.1, 0.15) is 6.10 Å². The molecule has 2 amide bonds. The van der Waals surface area contributed by atoms with Crippen molar-refractivity contribution in [1.29, 1.82) is 0 Å². The highest BCUT2D eigenvalue weighted by Crippen LogP contribution is 2.53. The normalized spacial score (nSPS) is 39.0. The molecule has 0 spiro atoms. The van der Waals surface area contributed by atoms with Gasteiger partial charge in [-0.25, -0.2) is 0 Å². The summed E-state index contributed by atoms with van der Waals surface area (Å²) in [5, 5.41) is 0. The van der Waals surface area contributed by atoms with Crippen LogP contribution in [0.1, 0.15) is 52.4 Å². The van der Waals surface area contributed by atoms with Crippen molar-refractivity contribution in [1.82, 2.24) is 4.90 Å². The van der Waals surface area contributed by atoms with E-state index in [1.807, 2.05) is 0 Å². The lowest BCUT2D eigenvalue weighted by Gasteiger charge is -2.53. The molecule has 0 radical (unpaired) electrons. The van der Waals surface area contributed by atoms with Crippen molar-refractivity contribution in [2.75, 3.05) is 13.2 Å². The zero-order valence-corrected chi connectivity index (χ0v) is 15.0. The monoisotopic (exact) mass is 349 g/mol. The molecule has 2 aliphatic heterocycles. The Hall–Kier alpha value is -1.43. The summed E-state index contributed by atoms with van der Waals surface area (Å²) in [4.78, 5) is 38.5. The molecule has 2 aliphatic carbocycles. The quantitative estimate of drug-likeness (QED) is 0.573. The number of hydrogen-bond acceptors (Lipinski definition) is 5. The molecule has 0 aromatic carbocycles. The zero-order valence-electron chi connectivity index (χ0n) is 15.0. The van der Waals surface area contributed by atoms with Crippen molar-refractivity contribution < 1.29 is 23.9 Å². The minimum absolute atomic E-state index is 0.0851. The molecule has 0 unspecified atom stereocenters. The van der Waals surface area contributed by atoms with E-state index in [0.717, 1.165) is 38.7 Å². The predicted molar refractivity (Wildman–Crippen MR) is 88.3 cm³/mol. The summed E-state index contributed by atoms with van der Waals surface area (Å²) in [5.74, 6) is -0.513. The van der Waals surface area contributed by atoms with Gasteiger partial charge in [-0.1, -0.05) is 26.7 Å². The molecule has 0 N–H and O–H groups in total. The average Bonchev–Trinajstić information content (AvgIpc) is 3.15. The summed E-state index contributed by atoms with van der Waals surface area (Å²) in [6.45, 7) is 5.01. The van der Waals surface area contributed by atoms with Crippen LogP contribution in [0.25, 0.3) is 0 Å². The number of ether oxygens (including phenoxy) is 2. The summed E-state index contributed by atoms with van der Waals surface area (Å²) >= 11 is 0. The number of likely N-dealkylation sites (tertiary alicyclic amines) is 1. The molecule has 4 aliphatic rings. The molecule has 6 nitrogen and oxygen atoms in total. The molecular weight excluding hydrogens is 322 g/mol. The number of carbonyl (C=O) groups is 3. The Labute approximate surface area is 148 Å². The summed E-state index contributed by atoms with van der Waals surface area (Å²) in [6, 6.07) is 0. The first kappa shape index (κ1) is 17.0. The zero-order chi connectivity index (χ0) is 17.8. The van der Waals surface area contributed by atoms with Crippen LogP contribution >= 0.6 is 0 Å². The van der Waals surface area contributed by atoms with Gasteiger partial charge < -0.3 is 9.47 Å². The van der Waals surface area contributed by atoms with Crippen LogP contribution < -0.4 is 0 Å². The number of amides is 2. The van der Waals surface area contributed by atoms with Gasteiger partial charge in [0.2, 0.25) is 11.8 Å². The van der Waals surface area contributed by atoms with E-state index in [4.69, 9.17) is 9.47 Å². The number of rotatable bonds is 4.